The highest BCUT2D eigenvalue weighted by molar-refractivity contribution is 9.10. The summed E-state index contributed by atoms with van der Waals surface area (Å²) in [5.41, 5.74) is 1.51. The van der Waals surface area contributed by atoms with Crippen molar-refractivity contribution in [3.8, 4) is 0 Å². The van der Waals surface area contributed by atoms with Crippen LogP contribution in [0.5, 0.6) is 0 Å². The van der Waals surface area contributed by atoms with Crippen molar-refractivity contribution in [1.82, 2.24) is 15.2 Å². The van der Waals surface area contributed by atoms with E-state index >= 15 is 0 Å². The van der Waals surface area contributed by atoms with Gasteiger partial charge in [-0.25, -0.2) is 0 Å². The Labute approximate surface area is 131 Å². The van der Waals surface area contributed by atoms with Crippen molar-refractivity contribution < 1.29 is 0 Å². The Hall–Kier alpha value is -0.450. The molecule has 0 aromatic carbocycles. The van der Waals surface area contributed by atoms with Crippen LogP contribution in [-0.2, 0) is 6.54 Å². The fourth-order valence-corrected chi connectivity index (χ4v) is 3.36. The maximum atomic E-state index is 4.29. The smallest absolute Gasteiger partial charge is 0.0410 e. The monoisotopic (exact) mass is 339 g/mol. The van der Waals surface area contributed by atoms with Gasteiger partial charge in [0.15, 0.2) is 0 Å². The highest BCUT2D eigenvalue weighted by Crippen LogP contribution is 2.25. The Morgan fingerprint density at radius 3 is 2.85 bits per heavy atom. The van der Waals surface area contributed by atoms with Gasteiger partial charge in [0.25, 0.3) is 0 Å². The van der Waals surface area contributed by atoms with E-state index in [1.165, 1.54) is 5.56 Å². The van der Waals surface area contributed by atoms with E-state index in [1.807, 2.05) is 12.4 Å². The summed E-state index contributed by atoms with van der Waals surface area (Å²) in [4.78, 5) is 6.91. The Morgan fingerprint density at radius 2 is 2.25 bits per heavy atom. The predicted molar refractivity (Wildman–Crippen MR) is 87.7 cm³/mol. The third-order valence-electron chi connectivity index (χ3n) is 4.46. The minimum Gasteiger partial charge on any atom is -0.309 e. The maximum Gasteiger partial charge on any atom is 0.0410 e. The number of nitrogens with zero attached hydrogens (tertiary/aromatic N) is 2. The van der Waals surface area contributed by atoms with Gasteiger partial charge >= 0.3 is 0 Å². The summed E-state index contributed by atoms with van der Waals surface area (Å²) in [6.07, 6.45) is 4.98. The third kappa shape index (κ3) is 3.80. The summed E-state index contributed by atoms with van der Waals surface area (Å²) in [6.45, 7) is 12.4. The molecule has 1 aromatic rings. The van der Waals surface area contributed by atoms with Crippen molar-refractivity contribution >= 4 is 15.9 Å². The molecule has 3 nitrogen and oxygen atoms in total. The molecule has 1 aliphatic heterocycles. The lowest BCUT2D eigenvalue weighted by molar-refractivity contribution is 0.0538. The molecule has 2 heterocycles. The first-order chi connectivity index (χ1) is 9.43. The van der Waals surface area contributed by atoms with Crippen molar-refractivity contribution in [2.45, 2.75) is 52.2 Å². The zero-order valence-electron chi connectivity index (χ0n) is 13.0. The molecule has 1 aliphatic rings. The lowest BCUT2D eigenvalue weighted by atomic mass is 9.89. The summed E-state index contributed by atoms with van der Waals surface area (Å²) in [5.74, 6) is 0.656. The minimum absolute atomic E-state index is 0.227. The van der Waals surface area contributed by atoms with Gasteiger partial charge in [-0.05, 0) is 46.8 Å². The number of pyridine rings is 1. The Bertz CT molecular complexity index is 449. The van der Waals surface area contributed by atoms with Crippen LogP contribution >= 0.6 is 15.9 Å². The first kappa shape index (κ1) is 15.9. The van der Waals surface area contributed by atoms with E-state index in [4.69, 9.17) is 0 Å². The molecule has 0 bridgehead atoms. The van der Waals surface area contributed by atoms with Crippen LogP contribution in [0.3, 0.4) is 0 Å². The van der Waals surface area contributed by atoms with E-state index in [0.29, 0.717) is 12.0 Å². The number of piperazine rings is 1. The molecule has 0 amide bonds. The Morgan fingerprint density at radius 1 is 1.50 bits per heavy atom. The molecular weight excluding hydrogens is 314 g/mol. The van der Waals surface area contributed by atoms with Gasteiger partial charge in [0.05, 0.1) is 0 Å². The van der Waals surface area contributed by atoms with Gasteiger partial charge in [0.2, 0.25) is 0 Å². The molecule has 1 aromatic heterocycles. The van der Waals surface area contributed by atoms with Gasteiger partial charge in [0.1, 0.15) is 0 Å². The standard InChI is InChI=1S/C16H26BrN3/c1-5-16(4)11-20(15(9-19-16)12(2)3)10-13-6-14(17)8-18-7-13/h6-8,12,15,19H,5,9-11H2,1-4H3. The van der Waals surface area contributed by atoms with Crippen molar-refractivity contribution in [3.63, 3.8) is 0 Å². The highest BCUT2D eigenvalue weighted by Gasteiger charge is 2.35. The zero-order chi connectivity index (χ0) is 14.8. The fraction of sp³-hybridized carbons (Fsp3) is 0.688. The lowest BCUT2D eigenvalue weighted by Crippen LogP contribution is -2.63. The van der Waals surface area contributed by atoms with Crippen LogP contribution in [0.2, 0.25) is 0 Å². The van der Waals surface area contributed by atoms with E-state index in [0.717, 1.165) is 30.5 Å². The van der Waals surface area contributed by atoms with Crippen LogP contribution in [0.25, 0.3) is 0 Å². The second-order valence-corrected chi connectivity index (χ2v) is 7.44. The van der Waals surface area contributed by atoms with E-state index < -0.39 is 0 Å². The lowest BCUT2D eigenvalue weighted by Gasteiger charge is -2.47. The fourth-order valence-electron chi connectivity index (χ4n) is 2.95. The quantitative estimate of drug-likeness (QED) is 0.910. The molecule has 0 radical (unpaired) electrons. The summed E-state index contributed by atoms with van der Waals surface area (Å²) in [5, 5.41) is 3.74. The van der Waals surface area contributed by atoms with Gasteiger partial charge in [-0.2, -0.15) is 0 Å². The topological polar surface area (TPSA) is 28.2 Å². The maximum absolute atomic E-state index is 4.29. The molecule has 1 N–H and O–H groups in total. The number of halogens is 1. The molecule has 1 fully saturated rings. The van der Waals surface area contributed by atoms with Gasteiger partial charge in [-0.3, -0.25) is 9.88 Å². The summed E-state index contributed by atoms with van der Waals surface area (Å²) in [6, 6.07) is 2.77. The number of rotatable bonds is 4. The van der Waals surface area contributed by atoms with Gasteiger partial charge in [-0.1, -0.05) is 20.8 Å². The Balaban J connectivity index is 2.15. The van der Waals surface area contributed by atoms with Crippen LogP contribution < -0.4 is 5.32 Å². The number of hydrogen-bond donors (Lipinski definition) is 1. The largest absolute Gasteiger partial charge is 0.309 e. The van der Waals surface area contributed by atoms with Gasteiger partial charge in [0, 0.05) is 48.1 Å². The molecule has 2 rings (SSSR count). The summed E-state index contributed by atoms with van der Waals surface area (Å²) >= 11 is 3.51. The van der Waals surface area contributed by atoms with Crippen LogP contribution in [0, 0.1) is 5.92 Å². The number of hydrogen-bond acceptors (Lipinski definition) is 3. The molecular formula is C16H26BrN3. The van der Waals surface area contributed by atoms with E-state index in [-0.39, 0.29) is 5.54 Å². The molecule has 20 heavy (non-hydrogen) atoms. The van der Waals surface area contributed by atoms with Gasteiger partial charge < -0.3 is 5.32 Å². The average molecular weight is 340 g/mol. The predicted octanol–water partition coefficient (Wildman–Crippen LogP) is 3.44. The van der Waals surface area contributed by atoms with Crippen molar-refractivity contribution in [1.29, 1.82) is 0 Å². The molecule has 4 heteroatoms. The van der Waals surface area contributed by atoms with Crippen molar-refractivity contribution in [2.24, 2.45) is 5.92 Å². The number of nitrogens with one attached hydrogen (secondary N) is 1. The zero-order valence-corrected chi connectivity index (χ0v) is 14.6. The molecule has 2 atom stereocenters. The minimum atomic E-state index is 0.227. The molecule has 112 valence electrons. The first-order valence-corrected chi connectivity index (χ1v) is 8.31. The molecule has 0 spiro atoms. The van der Waals surface area contributed by atoms with Crippen LogP contribution in [0.4, 0.5) is 0 Å². The normalized spacial score (nSPS) is 28.0. The van der Waals surface area contributed by atoms with Crippen LogP contribution in [0.1, 0.15) is 39.7 Å². The Kier molecular flexibility index (Phi) is 5.21. The average Bonchev–Trinajstić information content (AvgIpc) is 2.38. The van der Waals surface area contributed by atoms with Crippen molar-refractivity contribution in [3.05, 3.63) is 28.5 Å². The summed E-state index contributed by atoms with van der Waals surface area (Å²) in [7, 11) is 0. The number of aromatic nitrogens is 1. The van der Waals surface area contributed by atoms with Crippen LogP contribution in [0.15, 0.2) is 22.9 Å². The van der Waals surface area contributed by atoms with Gasteiger partial charge in [-0.15, -0.1) is 0 Å². The molecule has 0 aliphatic carbocycles. The van der Waals surface area contributed by atoms with E-state index in [1.54, 1.807) is 0 Å². The molecule has 2 unspecified atom stereocenters. The highest BCUT2D eigenvalue weighted by atomic mass is 79.9. The van der Waals surface area contributed by atoms with Crippen molar-refractivity contribution in [2.75, 3.05) is 13.1 Å². The third-order valence-corrected chi connectivity index (χ3v) is 4.89. The van der Waals surface area contributed by atoms with E-state index in [2.05, 4.69) is 64.9 Å². The second-order valence-electron chi connectivity index (χ2n) is 6.52. The summed E-state index contributed by atoms with van der Waals surface area (Å²) < 4.78 is 1.06. The molecule has 0 saturated carbocycles. The SMILES string of the molecule is CCC1(C)CN(Cc2cncc(Br)c2)C(C(C)C)CN1. The second kappa shape index (κ2) is 6.54. The first-order valence-electron chi connectivity index (χ1n) is 7.52. The molecule has 1 saturated heterocycles. The van der Waals surface area contributed by atoms with Crippen LogP contribution in [-0.4, -0.2) is 34.6 Å². The van der Waals surface area contributed by atoms with E-state index in [9.17, 15) is 0 Å².